The van der Waals surface area contributed by atoms with Crippen LogP contribution >= 0.6 is 11.6 Å². The van der Waals surface area contributed by atoms with Crippen molar-refractivity contribution in [2.45, 2.75) is 6.42 Å². The molecule has 0 saturated heterocycles. The third-order valence-electron chi connectivity index (χ3n) is 2.46. The molecule has 0 aliphatic rings. The summed E-state index contributed by atoms with van der Waals surface area (Å²) in [6.07, 6.45) is 0.718. The highest BCUT2D eigenvalue weighted by Crippen LogP contribution is 2.31. The number of likely N-dealkylation sites (N-methyl/N-ethyl adjacent to an activating group) is 1. The smallest absolute Gasteiger partial charge is 0.261 e. The van der Waals surface area contributed by atoms with Crippen molar-refractivity contribution in [1.82, 2.24) is 15.5 Å². The van der Waals surface area contributed by atoms with E-state index in [1.54, 1.807) is 25.3 Å². The summed E-state index contributed by atoms with van der Waals surface area (Å²) >= 11 is 5.90. The Balaban J connectivity index is 2.28. The number of benzene rings is 1. The molecule has 0 unspecified atom stereocenters. The molecule has 96 valence electrons. The Kier molecular flexibility index (Phi) is 4.17. The first kappa shape index (κ1) is 12.9. The molecule has 0 fully saturated rings. The number of nitrogens with zero attached hydrogens (tertiary/aromatic N) is 2. The molecule has 18 heavy (non-hydrogen) atoms. The van der Waals surface area contributed by atoms with Gasteiger partial charge >= 0.3 is 0 Å². The van der Waals surface area contributed by atoms with Gasteiger partial charge in [0.1, 0.15) is 5.75 Å². The third kappa shape index (κ3) is 2.80. The molecule has 0 spiro atoms. The fourth-order valence-electron chi connectivity index (χ4n) is 1.54. The second-order valence-corrected chi connectivity index (χ2v) is 4.15. The fraction of sp³-hybridized carbons (Fsp3) is 0.333. The maximum absolute atomic E-state index is 5.90. The van der Waals surface area contributed by atoms with E-state index in [0.717, 1.165) is 18.5 Å². The Morgan fingerprint density at radius 1 is 1.44 bits per heavy atom. The maximum Gasteiger partial charge on any atom is 0.261 e. The lowest BCUT2D eigenvalue weighted by molar-refractivity contribution is 0.402. The first-order chi connectivity index (χ1) is 8.74. The number of hydrogen-bond donors (Lipinski definition) is 1. The lowest BCUT2D eigenvalue weighted by Crippen LogP contribution is -2.11. The summed E-state index contributed by atoms with van der Waals surface area (Å²) < 4.78 is 10.5. The van der Waals surface area contributed by atoms with Crippen molar-refractivity contribution in [2.24, 2.45) is 0 Å². The molecule has 0 atom stereocenters. The van der Waals surface area contributed by atoms with E-state index in [1.165, 1.54) is 0 Å². The SMILES string of the molecule is CNCCc1noc(-c2ccc(Cl)cc2OC)n1. The van der Waals surface area contributed by atoms with Gasteiger partial charge in [-0.15, -0.1) is 0 Å². The van der Waals surface area contributed by atoms with Gasteiger partial charge in [-0.05, 0) is 25.2 Å². The molecule has 0 amide bonds. The number of methoxy groups -OCH3 is 1. The molecule has 6 heteroatoms. The van der Waals surface area contributed by atoms with Crippen molar-refractivity contribution < 1.29 is 9.26 Å². The van der Waals surface area contributed by atoms with Crippen LogP contribution in [0, 0.1) is 0 Å². The Hall–Kier alpha value is -1.59. The van der Waals surface area contributed by atoms with E-state index in [0.29, 0.717) is 22.5 Å². The zero-order chi connectivity index (χ0) is 13.0. The Labute approximate surface area is 110 Å². The van der Waals surface area contributed by atoms with Gasteiger partial charge in [-0.1, -0.05) is 16.8 Å². The highest BCUT2D eigenvalue weighted by molar-refractivity contribution is 6.30. The third-order valence-corrected chi connectivity index (χ3v) is 2.70. The summed E-state index contributed by atoms with van der Waals surface area (Å²) in [5.74, 6) is 1.72. The summed E-state index contributed by atoms with van der Waals surface area (Å²) in [4.78, 5) is 4.32. The zero-order valence-electron chi connectivity index (χ0n) is 10.2. The van der Waals surface area contributed by atoms with E-state index in [1.807, 2.05) is 7.05 Å². The van der Waals surface area contributed by atoms with Crippen molar-refractivity contribution >= 4 is 11.6 Å². The minimum Gasteiger partial charge on any atom is -0.496 e. The molecule has 1 N–H and O–H groups in total. The Morgan fingerprint density at radius 2 is 2.28 bits per heavy atom. The highest BCUT2D eigenvalue weighted by Gasteiger charge is 2.13. The number of aromatic nitrogens is 2. The topological polar surface area (TPSA) is 60.2 Å². The minimum atomic E-state index is 0.439. The summed E-state index contributed by atoms with van der Waals surface area (Å²) in [5, 5.41) is 7.55. The predicted octanol–water partition coefficient (Wildman–Crippen LogP) is 2.16. The Bertz CT molecular complexity index is 528. The van der Waals surface area contributed by atoms with Crippen LogP contribution in [0.1, 0.15) is 5.82 Å². The van der Waals surface area contributed by atoms with Gasteiger partial charge in [-0.3, -0.25) is 0 Å². The molecule has 2 rings (SSSR count). The predicted molar refractivity (Wildman–Crippen MR) is 68.9 cm³/mol. The van der Waals surface area contributed by atoms with Crippen LogP contribution in [0.3, 0.4) is 0 Å². The molecule has 5 nitrogen and oxygen atoms in total. The van der Waals surface area contributed by atoms with E-state index in [-0.39, 0.29) is 0 Å². The van der Waals surface area contributed by atoms with Crippen LogP contribution in [0.4, 0.5) is 0 Å². The van der Waals surface area contributed by atoms with Gasteiger partial charge in [0.05, 0.1) is 12.7 Å². The highest BCUT2D eigenvalue weighted by atomic mass is 35.5. The molecule has 0 radical (unpaired) electrons. The van der Waals surface area contributed by atoms with Crippen molar-refractivity contribution in [3.63, 3.8) is 0 Å². The van der Waals surface area contributed by atoms with Crippen molar-refractivity contribution in [2.75, 3.05) is 20.7 Å². The second-order valence-electron chi connectivity index (χ2n) is 3.71. The van der Waals surface area contributed by atoms with E-state index >= 15 is 0 Å². The average Bonchev–Trinajstić information content (AvgIpc) is 2.84. The van der Waals surface area contributed by atoms with Crippen LogP contribution in [0.5, 0.6) is 5.75 Å². The average molecular weight is 268 g/mol. The van der Waals surface area contributed by atoms with Crippen LogP contribution in [-0.2, 0) is 6.42 Å². The Morgan fingerprint density at radius 3 is 3.00 bits per heavy atom. The molecule has 0 aliphatic carbocycles. The molecule has 2 aromatic rings. The molecule has 0 aliphatic heterocycles. The van der Waals surface area contributed by atoms with Gasteiger partial charge < -0.3 is 14.6 Å². The lowest BCUT2D eigenvalue weighted by atomic mass is 10.2. The molecule has 1 aromatic heterocycles. The number of rotatable bonds is 5. The van der Waals surface area contributed by atoms with Crippen LogP contribution < -0.4 is 10.1 Å². The van der Waals surface area contributed by atoms with Gasteiger partial charge in [0.2, 0.25) is 0 Å². The minimum absolute atomic E-state index is 0.439. The number of halogens is 1. The first-order valence-corrected chi connectivity index (χ1v) is 5.93. The zero-order valence-corrected chi connectivity index (χ0v) is 11.0. The summed E-state index contributed by atoms with van der Waals surface area (Å²) in [5.41, 5.74) is 0.741. The van der Waals surface area contributed by atoms with Crippen molar-refractivity contribution in [3.8, 4) is 17.2 Å². The maximum atomic E-state index is 5.90. The van der Waals surface area contributed by atoms with Crippen LogP contribution in [0.15, 0.2) is 22.7 Å². The summed E-state index contributed by atoms with van der Waals surface area (Å²) in [7, 11) is 3.46. The molecular weight excluding hydrogens is 254 g/mol. The van der Waals surface area contributed by atoms with E-state index in [4.69, 9.17) is 20.9 Å². The second kappa shape index (κ2) is 5.84. The standard InChI is InChI=1S/C12H14ClN3O2/c1-14-6-5-11-15-12(18-16-11)9-4-3-8(13)7-10(9)17-2/h3-4,7,14H,5-6H2,1-2H3. The van der Waals surface area contributed by atoms with Crippen molar-refractivity contribution in [1.29, 1.82) is 0 Å². The lowest BCUT2D eigenvalue weighted by Gasteiger charge is -2.04. The van der Waals surface area contributed by atoms with Crippen LogP contribution in [0.2, 0.25) is 5.02 Å². The largest absolute Gasteiger partial charge is 0.496 e. The van der Waals surface area contributed by atoms with Gasteiger partial charge in [-0.25, -0.2) is 0 Å². The molecular formula is C12H14ClN3O2. The van der Waals surface area contributed by atoms with Gasteiger partial charge in [0, 0.05) is 18.0 Å². The van der Waals surface area contributed by atoms with Gasteiger partial charge in [0.15, 0.2) is 5.82 Å². The normalized spacial score (nSPS) is 10.6. The molecule has 1 aromatic carbocycles. The van der Waals surface area contributed by atoms with E-state index in [9.17, 15) is 0 Å². The monoisotopic (exact) mass is 267 g/mol. The number of nitrogens with one attached hydrogen (secondary N) is 1. The quantitative estimate of drug-likeness (QED) is 0.900. The molecule has 1 heterocycles. The molecule has 0 bridgehead atoms. The fourth-order valence-corrected chi connectivity index (χ4v) is 1.71. The van der Waals surface area contributed by atoms with Crippen molar-refractivity contribution in [3.05, 3.63) is 29.0 Å². The number of hydrogen-bond acceptors (Lipinski definition) is 5. The van der Waals surface area contributed by atoms with Gasteiger partial charge in [-0.2, -0.15) is 4.98 Å². The van der Waals surface area contributed by atoms with E-state index in [2.05, 4.69) is 15.5 Å². The summed E-state index contributed by atoms with van der Waals surface area (Å²) in [6.45, 7) is 0.802. The summed E-state index contributed by atoms with van der Waals surface area (Å²) in [6, 6.07) is 5.28. The van der Waals surface area contributed by atoms with Gasteiger partial charge in [0.25, 0.3) is 5.89 Å². The molecule has 0 saturated carbocycles. The van der Waals surface area contributed by atoms with Crippen LogP contribution in [0.25, 0.3) is 11.5 Å². The van der Waals surface area contributed by atoms with E-state index < -0.39 is 0 Å². The first-order valence-electron chi connectivity index (χ1n) is 5.55. The van der Waals surface area contributed by atoms with Crippen LogP contribution in [-0.4, -0.2) is 30.8 Å². The number of ether oxygens (including phenoxy) is 1.